The molecule has 0 unspecified atom stereocenters. The third kappa shape index (κ3) is 22.2. The van der Waals surface area contributed by atoms with Gasteiger partial charge in [0, 0.05) is 129 Å². The lowest BCUT2D eigenvalue weighted by atomic mass is 9.97. The number of anilines is 13. The maximum absolute atomic E-state index is 13.5. The first-order valence-corrected chi connectivity index (χ1v) is 44.2. The first kappa shape index (κ1) is 97.2. The van der Waals surface area contributed by atoms with Crippen molar-refractivity contribution in [3.8, 4) is 62.9 Å². The van der Waals surface area contributed by atoms with Crippen molar-refractivity contribution in [2.75, 3.05) is 158 Å². The van der Waals surface area contributed by atoms with Gasteiger partial charge in [0.25, 0.3) is 0 Å². The molecule has 0 aliphatic carbocycles. The van der Waals surface area contributed by atoms with E-state index in [-0.39, 0.29) is 133 Å². The Morgan fingerprint density at radius 1 is 0.460 bits per heavy atom. The van der Waals surface area contributed by atoms with Crippen molar-refractivity contribution in [2.45, 2.75) is 95.2 Å². The molecule has 0 spiro atoms. The predicted molar refractivity (Wildman–Crippen MR) is 506 cm³/mol. The second kappa shape index (κ2) is 41.6. The zero-order valence-corrected chi connectivity index (χ0v) is 76.1. The van der Waals surface area contributed by atoms with E-state index in [2.05, 4.69) is 95.8 Å². The number of nitrogens with one attached hydrogen (secondary N) is 4. The Balaban J connectivity index is 0.000000134. The Morgan fingerprint density at radius 2 is 0.921 bits per heavy atom. The Kier molecular flexibility index (Phi) is 29.1. The molecule has 20 rings (SSSR count). The summed E-state index contributed by atoms with van der Waals surface area (Å²) in [6.07, 6.45) is 4.08. The molecule has 0 saturated carbocycles. The number of amides is 8. The summed E-state index contributed by atoms with van der Waals surface area (Å²) in [6, 6.07) is 32.7. The van der Waals surface area contributed by atoms with Crippen LogP contribution < -0.4 is 80.4 Å². The topological polar surface area (TPSA) is 478 Å². The summed E-state index contributed by atoms with van der Waals surface area (Å²) in [5.41, 5.74) is 11.9. The van der Waals surface area contributed by atoms with Crippen molar-refractivity contribution in [2.24, 2.45) is 5.41 Å². The number of fused-ring (bicyclic) bond motifs is 16. The first-order chi connectivity index (χ1) is 66.4. The van der Waals surface area contributed by atoms with E-state index >= 15 is 0 Å². The molecule has 8 bridgehead atoms. The van der Waals surface area contributed by atoms with Gasteiger partial charge < -0.3 is 65.1 Å². The normalized spacial score (nSPS) is 17.1. The second-order valence-electron chi connectivity index (χ2n) is 34.0. The zero-order chi connectivity index (χ0) is 96.8. The maximum atomic E-state index is 13.5. The number of nitrogens with zero attached hydrogens (tertiary/aromatic N) is 22. The molecule has 47 heteroatoms. The second-order valence-corrected chi connectivity index (χ2v) is 34.4. The third-order valence-electron chi connectivity index (χ3n) is 23.7. The number of nitrogen functional groups attached to an aromatic ring is 1. The number of aromatic nitrogens is 14. The molecular formula is C92H93Cl2F6N27O12. The number of pyridine rings is 6. The fourth-order valence-electron chi connectivity index (χ4n) is 16.8. The highest BCUT2D eigenvalue weighted by atomic mass is 35.5. The number of benzene rings is 2. The fourth-order valence-corrected chi connectivity index (χ4v) is 17.1. The van der Waals surface area contributed by atoms with Crippen molar-refractivity contribution < 1.29 is 85.3 Å². The smallest absolute Gasteiger partial charge is 0.416 e. The molecule has 18 heterocycles. The maximum Gasteiger partial charge on any atom is 0.416 e. The summed E-state index contributed by atoms with van der Waals surface area (Å²) >= 11 is 6.48. The molecule has 2 aromatic carbocycles. The van der Waals surface area contributed by atoms with Crippen LogP contribution in [0.15, 0.2) is 183 Å². The minimum absolute atomic E-state index is 0. The van der Waals surface area contributed by atoms with E-state index in [4.69, 9.17) is 51.7 Å². The minimum atomic E-state index is -4.54. The number of carbonyl (C=O) groups excluding carboxylic acids is 4. The van der Waals surface area contributed by atoms with Gasteiger partial charge in [-0.25, -0.2) is 69.0 Å². The molecular weight excluding hydrogens is 1860 g/mol. The molecule has 39 nitrogen and oxygen atoms in total. The van der Waals surface area contributed by atoms with Crippen molar-refractivity contribution in [1.29, 1.82) is 0 Å². The van der Waals surface area contributed by atoms with Gasteiger partial charge >= 0.3 is 48.5 Å². The van der Waals surface area contributed by atoms with Crippen LogP contribution in [-0.2, 0) is 12.4 Å². The standard InChI is InChI=1S/C26H27F3N6O3.C24H22ClF3N6O4.C23H25N7O4.C19H18N8O.ClH/c1-25(2,14-36)15-38-23-30-10-8-21(32-23)33-24(37)35-18-9-11-34(13-18)20-7-6-19(31-22(20)35)16-4-3-5-17(12-16)26(27,28)29;25-17-7-18-22(32-21(17)13-2-1-3-14(6-13)24(26,27)28)34(15-4-5-33(18)9-15)23(37)31-19-8-20(30-12-29-19)38-11-16(36)10-35;1-14-10-15(4-7-24-14)18-2-3-19-21(26-18)30(16-6-9-29(19)11-16)23(33)28-20-5-8-25-22(27-20)34-13-17(32)12-31;20-16-4-1-12(9-23-16)14-2-3-15-18(24-14)27(13-5-8-26(15)11-13)19(28)25-17-10-21-6-7-22-17;/h3-8,10,12,18,36H,9,11,13-15H2,1-2H3,(H,30,32,33,37);1-3,6-8,12,15-16,35-36H,4-5,9-11H2,(H,29,30,31,37);2-5,7-8,10,16-17,31-32H,6,9,11-13H2,1H3,(H,25,27,28,33);1-4,6-7,9-10,13H,5,8,11H2,(H2,20,23)(H,22,25,28);1H/t18-;15-,16-;16-,17-;13-;/m0000./s1. The molecule has 12 aromatic rings. The summed E-state index contributed by atoms with van der Waals surface area (Å²) in [5.74, 6) is 3.43. The van der Waals surface area contributed by atoms with E-state index in [0.29, 0.717) is 72.1 Å². The molecule has 4 saturated heterocycles. The van der Waals surface area contributed by atoms with Crippen LogP contribution in [0.4, 0.5) is 121 Å². The van der Waals surface area contributed by atoms with Crippen LogP contribution in [0.1, 0.15) is 56.4 Å². The number of alkyl halides is 6. The SMILES string of the molecule is CC(C)(CO)COc1nccc(NC(=O)N2c3nc(-c4cccc(C(F)(F)F)c4)ccc3N3CC[C@H]2C3)n1.Cc1cc(-c2ccc3c(n2)N(C(=O)Nc2ccnc(OC[C@@H](O)CO)n2)[C@H]2CCN3C2)ccn1.Cl.Nc1ccc(-c2ccc3c(n2)N(C(=O)Nc2cnccn2)[C@H]2CCN3C2)cn1.O=C(Nc1cc(OC[C@@H](O)CO)ncn1)N1c2nc(-c3cccc(C(F)(F)F)c3)c(Cl)cc2N2CC[C@H]1C2. The van der Waals surface area contributed by atoms with Gasteiger partial charge in [0.2, 0.25) is 5.88 Å². The van der Waals surface area contributed by atoms with Gasteiger partial charge in [-0.2, -0.15) is 36.3 Å². The number of aryl methyl sites for hydroxylation is 1. The van der Waals surface area contributed by atoms with E-state index in [9.17, 15) is 60.8 Å². The molecule has 8 amide bonds. The highest BCUT2D eigenvalue weighted by Gasteiger charge is 2.46. The van der Waals surface area contributed by atoms with Crippen molar-refractivity contribution >= 4 is 123 Å². The lowest BCUT2D eigenvalue weighted by Gasteiger charge is -2.36. The van der Waals surface area contributed by atoms with E-state index in [1.54, 1.807) is 75.9 Å². The number of carbonyl (C=O) groups is 4. The molecule has 6 atom stereocenters. The molecule has 8 aliphatic heterocycles. The summed E-state index contributed by atoms with van der Waals surface area (Å²) < 4.78 is 95.9. The molecule has 11 N–H and O–H groups in total. The van der Waals surface area contributed by atoms with Gasteiger partial charge in [-0.15, -0.1) is 12.4 Å². The molecule has 0 radical (unpaired) electrons. The van der Waals surface area contributed by atoms with Crippen LogP contribution in [-0.4, -0.2) is 248 Å². The number of aliphatic hydroxyl groups is 5. The molecule has 10 aromatic heterocycles. The van der Waals surface area contributed by atoms with Crippen LogP contribution >= 0.6 is 24.0 Å². The van der Waals surface area contributed by atoms with Gasteiger partial charge in [0.15, 0.2) is 29.1 Å². The summed E-state index contributed by atoms with van der Waals surface area (Å²) in [5, 5.41) is 57.5. The van der Waals surface area contributed by atoms with E-state index < -0.39 is 66.4 Å². The molecule has 4 fully saturated rings. The van der Waals surface area contributed by atoms with Gasteiger partial charge in [0.05, 0.1) is 118 Å². The van der Waals surface area contributed by atoms with E-state index in [1.165, 1.54) is 60.1 Å². The van der Waals surface area contributed by atoms with Crippen molar-refractivity contribution in [1.82, 2.24) is 69.8 Å². The summed E-state index contributed by atoms with van der Waals surface area (Å²) in [4.78, 5) is 128. The van der Waals surface area contributed by atoms with Crippen molar-refractivity contribution in [3.05, 3.63) is 205 Å². The number of halogens is 8. The van der Waals surface area contributed by atoms with Gasteiger partial charge in [-0.05, 0) is 136 Å². The van der Waals surface area contributed by atoms with Crippen LogP contribution in [0.3, 0.4) is 0 Å². The van der Waals surface area contributed by atoms with Crippen LogP contribution in [0, 0.1) is 12.3 Å². The third-order valence-corrected chi connectivity index (χ3v) is 24.0. The Hall–Kier alpha value is -14.9. The predicted octanol–water partition coefficient (Wildman–Crippen LogP) is 12.3. The highest BCUT2D eigenvalue weighted by molar-refractivity contribution is 6.33. The van der Waals surface area contributed by atoms with E-state index in [0.717, 1.165) is 122 Å². The zero-order valence-electron chi connectivity index (χ0n) is 74.6. The number of hydrogen-bond acceptors (Lipinski definition) is 31. The lowest BCUT2D eigenvalue weighted by molar-refractivity contribution is -0.138. The van der Waals surface area contributed by atoms with Crippen LogP contribution in [0.2, 0.25) is 5.02 Å². The summed E-state index contributed by atoms with van der Waals surface area (Å²) in [7, 11) is 0. The fraction of sp³-hybridized carbons (Fsp3) is 0.326. The number of ether oxygens (including phenoxy) is 3. The monoisotopic (exact) mass is 1950 g/mol. The number of hydrogen-bond donors (Lipinski definition) is 10. The molecule has 139 heavy (non-hydrogen) atoms. The van der Waals surface area contributed by atoms with Crippen LogP contribution in [0.5, 0.6) is 17.9 Å². The molecule has 8 aliphatic rings. The van der Waals surface area contributed by atoms with Crippen LogP contribution in [0.25, 0.3) is 45.0 Å². The van der Waals surface area contributed by atoms with Crippen molar-refractivity contribution in [3.63, 3.8) is 0 Å². The minimum Gasteiger partial charge on any atom is -0.475 e. The largest absolute Gasteiger partial charge is 0.475 e. The Bertz CT molecular complexity index is 6480. The Labute approximate surface area is 801 Å². The average molecular weight is 1950 g/mol. The first-order valence-electron chi connectivity index (χ1n) is 43.8. The lowest BCUT2D eigenvalue weighted by Crippen LogP contribution is -2.48. The van der Waals surface area contributed by atoms with Gasteiger partial charge in [-0.3, -0.25) is 50.8 Å². The number of rotatable bonds is 20. The average Bonchev–Trinajstić information content (AvgIpc) is 1.65. The van der Waals surface area contributed by atoms with Gasteiger partial charge in [0.1, 0.15) is 55.0 Å². The van der Waals surface area contributed by atoms with Gasteiger partial charge in [-0.1, -0.05) is 49.7 Å². The molecule has 724 valence electrons. The summed E-state index contributed by atoms with van der Waals surface area (Å²) in [6.45, 7) is 10.3. The van der Waals surface area contributed by atoms with E-state index in [1.807, 2.05) is 68.1 Å². The number of urea groups is 4. The highest BCUT2D eigenvalue weighted by Crippen LogP contribution is 2.48. The number of nitrogens with two attached hydrogens (primary N) is 1. The quantitative estimate of drug-likeness (QED) is 0.0317. The number of aliphatic hydroxyl groups excluding tert-OH is 5. The Morgan fingerprint density at radius 3 is 1.40 bits per heavy atom.